The Kier molecular flexibility index (Phi) is 5.04. The summed E-state index contributed by atoms with van der Waals surface area (Å²) >= 11 is 0. The van der Waals surface area contributed by atoms with E-state index in [1.54, 1.807) is 0 Å². The van der Waals surface area contributed by atoms with Crippen LogP contribution in [0.25, 0.3) is 0 Å². The number of hydrogen-bond donors (Lipinski definition) is 0. The van der Waals surface area contributed by atoms with Crippen molar-refractivity contribution in [2.45, 2.75) is 105 Å². The zero-order valence-electron chi connectivity index (χ0n) is 17.9. The van der Waals surface area contributed by atoms with Crippen LogP contribution in [0.3, 0.4) is 0 Å². The lowest BCUT2D eigenvalue weighted by Crippen LogP contribution is -2.47. The van der Waals surface area contributed by atoms with E-state index in [2.05, 4.69) is 74.2 Å². The quantitative estimate of drug-likeness (QED) is 0.385. The summed E-state index contributed by atoms with van der Waals surface area (Å²) in [5.74, 6) is 0.670. The predicted molar refractivity (Wildman–Crippen MR) is 109 cm³/mol. The summed E-state index contributed by atoms with van der Waals surface area (Å²) < 4.78 is 7.02. The summed E-state index contributed by atoms with van der Waals surface area (Å²) in [5, 5.41) is 0.287. The average molecular weight is 351 g/mol. The summed E-state index contributed by atoms with van der Waals surface area (Å²) in [7, 11) is -1.73. The van der Waals surface area contributed by atoms with Crippen molar-refractivity contribution in [2.75, 3.05) is 0 Å². The SMILES string of the molecule is C=CC[C@]1(C)C[C@H]2[C@H](O[Si](C)(C)C(C)(C)C)CCC[C@]1(C)C2(C)C. The first-order valence-electron chi connectivity index (χ1n) is 10.0. The molecule has 0 aliphatic heterocycles. The lowest BCUT2D eigenvalue weighted by Gasteiger charge is -2.49. The zero-order valence-corrected chi connectivity index (χ0v) is 18.9. The molecule has 0 N–H and O–H groups in total. The van der Waals surface area contributed by atoms with Crippen molar-refractivity contribution in [3.8, 4) is 0 Å². The Morgan fingerprint density at radius 3 is 2.25 bits per heavy atom. The molecular weight excluding hydrogens is 308 g/mol. The molecule has 2 rings (SSSR count). The van der Waals surface area contributed by atoms with Gasteiger partial charge in [0.1, 0.15) is 0 Å². The maximum absolute atomic E-state index is 7.02. The van der Waals surface area contributed by atoms with Gasteiger partial charge in [0.2, 0.25) is 0 Å². The van der Waals surface area contributed by atoms with E-state index in [0.717, 1.165) is 6.42 Å². The van der Waals surface area contributed by atoms with Gasteiger partial charge in [-0.3, -0.25) is 0 Å². The maximum Gasteiger partial charge on any atom is 0.192 e. The highest BCUT2D eigenvalue weighted by Crippen LogP contribution is 2.71. The van der Waals surface area contributed by atoms with Gasteiger partial charge in [-0.15, -0.1) is 6.58 Å². The average Bonchev–Trinajstić information content (AvgIpc) is 2.48. The van der Waals surface area contributed by atoms with Crippen molar-refractivity contribution in [3.05, 3.63) is 12.7 Å². The van der Waals surface area contributed by atoms with E-state index in [9.17, 15) is 0 Å². The fraction of sp³-hybridized carbons (Fsp3) is 0.909. The van der Waals surface area contributed by atoms with Crippen molar-refractivity contribution < 1.29 is 4.43 Å². The molecule has 0 saturated heterocycles. The molecule has 0 radical (unpaired) electrons. The van der Waals surface area contributed by atoms with E-state index in [4.69, 9.17) is 4.43 Å². The highest BCUT2D eigenvalue weighted by Gasteiger charge is 2.65. The summed E-state index contributed by atoms with van der Waals surface area (Å²) in [5.41, 5.74) is 1.07. The highest BCUT2D eigenvalue weighted by molar-refractivity contribution is 6.74. The lowest BCUT2D eigenvalue weighted by molar-refractivity contribution is -0.00526. The Morgan fingerprint density at radius 2 is 1.75 bits per heavy atom. The van der Waals surface area contributed by atoms with Crippen LogP contribution in [0.1, 0.15) is 80.6 Å². The molecule has 24 heavy (non-hydrogen) atoms. The van der Waals surface area contributed by atoms with Gasteiger partial charge in [-0.05, 0) is 66.0 Å². The molecule has 140 valence electrons. The van der Waals surface area contributed by atoms with Crippen molar-refractivity contribution in [3.63, 3.8) is 0 Å². The molecule has 0 aromatic carbocycles. The van der Waals surface area contributed by atoms with E-state index in [1.165, 1.54) is 25.7 Å². The van der Waals surface area contributed by atoms with Crippen molar-refractivity contribution in [2.24, 2.45) is 22.2 Å². The van der Waals surface area contributed by atoms with Gasteiger partial charge in [0.15, 0.2) is 8.32 Å². The van der Waals surface area contributed by atoms with Crippen LogP contribution in [-0.2, 0) is 4.43 Å². The number of fused-ring (bicyclic) bond motifs is 2. The number of rotatable bonds is 4. The normalized spacial score (nSPS) is 39.5. The largest absolute Gasteiger partial charge is 0.414 e. The minimum Gasteiger partial charge on any atom is -0.414 e. The fourth-order valence-electron chi connectivity index (χ4n) is 5.55. The predicted octanol–water partition coefficient (Wildman–Crippen LogP) is 7.20. The molecule has 2 saturated carbocycles. The molecule has 2 bridgehead atoms. The Hall–Kier alpha value is -0.0831. The number of hydrogen-bond acceptors (Lipinski definition) is 1. The molecule has 2 fully saturated rings. The summed E-state index contributed by atoms with van der Waals surface area (Å²) in [4.78, 5) is 0. The third kappa shape index (κ3) is 2.86. The second-order valence-electron chi connectivity index (χ2n) is 11.2. The topological polar surface area (TPSA) is 9.23 Å². The van der Waals surface area contributed by atoms with E-state index in [-0.39, 0.29) is 5.04 Å². The summed E-state index contributed by atoms with van der Waals surface area (Å²) in [6.45, 7) is 26.1. The fourth-order valence-corrected chi connectivity index (χ4v) is 6.95. The van der Waals surface area contributed by atoms with Gasteiger partial charge in [-0.1, -0.05) is 61.0 Å². The Labute approximate surface area is 152 Å². The molecule has 1 nitrogen and oxygen atoms in total. The van der Waals surface area contributed by atoms with E-state index in [1.807, 2.05) is 0 Å². The minimum absolute atomic E-state index is 0.287. The first-order chi connectivity index (χ1) is 10.7. The second-order valence-corrected chi connectivity index (χ2v) is 16.0. The summed E-state index contributed by atoms with van der Waals surface area (Å²) in [6.07, 6.45) is 8.91. The Balaban J connectivity index is 2.38. The first kappa shape index (κ1) is 20.2. The minimum atomic E-state index is -1.73. The molecule has 0 aromatic rings. The smallest absolute Gasteiger partial charge is 0.192 e. The molecule has 2 heteroatoms. The number of allylic oxidation sites excluding steroid dienone is 1. The third-order valence-electron chi connectivity index (χ3n) is 8.81. The third-order valence-corrected chi connectivity index (χ3v) is 13.3. The standard InChI is InChI=1S/C22H42OSi/c1-11-14-21(7)16-17-18(23-24(9,10)19(2,3)4)13-12-15-22(21,8)20(17,5)6/h11,17-18H,1,12-16H2,2-10H3/t17-,18+,21+,22+/m0/s1. The lowest BCUT2D eigenvalue weighted by atomic mass is 9.56. The molecule has 0 amide bonds. The Bertz CT molecular complexity index is 487. The molecular formula is C22H42OSi. The molecule has 0 spiro atoms. The van der Waals surface area contributed by atoms with Gasteiger partial charge in [0, 0.05) is 6.10 Å². The van der Waals surface area contributed by atoms with Gasteiger partial charge in [-0.2, -0.15) is 0 Å². The van der Waals surface area contributed by atoms with Crippen LogP contribution in [0, 0.1) is 22.2 Å². The van der Waals surface area contributed by atoms with Gasteiger partial charge in [-0.25, -0.2) is 0 Å². The molecule has 0 aromatic heterocycles. The van der Waals surface area contributed by atoms with Crippen molar-refractivity contribution in [1.29, 1.82) is 0 Å². The molecule has 2 aliphatic carbocycles. The van der Waals surface area contributed by atoms with Crippen LogP contribution < -0.4 is 0 Å². The van der Waals surface area contributed by atoms with Crippen LogP contribution in [0.5, 0.6) is 0 Å². The van der Waals surface area contributed by atoms with Gasteiger partial charge in [0.05, 0.1) is 0 Å². The first-order valence-corrected chi connectivity index (χ1v) is 12.9. The van der Waals surface area contributed by atoms with Gasteiger partial charge >= 0.3 is 0 Å². The van der Waals surface area contributed by atoms with Crippen LogP contribution in [0.2, 0.25) is 18.1 Å². The molecule has 0 heterocycles. The van der Waals surface area contributed by atoms with E-state index >= 15 is 0 Å². The maximum atomic E-state index is 7.02. The molecule has 4 atom stereocenters. The van der Waals surface area contributed by atoms with Crippen LogP contribution in [-0.4, -0.2) is 14.4 Å². The van der Waals surface area contributed by atoms with Crippen LogP contribution >= 0.6 is 0 Å². The molecule has 2 aliphatic rings. The Morgan fingerprint density at radius 1 is 1.17 bits per heavy atom. The second kappa shape index (κ2) is 5.98. The molecule has 0 unspecified atom stereocenters. The monoisotopic (exact) mass is 350 g/mol. The van der Waals surface area contributed by atoms with Gasteiger partial charge in [0.25, 0.3) is 0 Å². The highest BCUT2D eigenvalue weighted by atomic mass is 28.4. The van der Waals surface area contributed by atoms with Gasteiger partial charge < -0.3 is 4.43 Å². The van der Waals surface area contributed by atoms with Crippen LogP contribution in [0.4, 0.5) is 0 Å². The van der Waals surface area contributed by atoms with Crippen LogP contribution in [0.15, 0.2) is 12.7 Å². The van der Waals surface area contributed by atoms with Crippen molar-refractivity contribution >= 4 is 8.32 Å². The van der Waals surface area contributed by atoms with E-state index in [0.29, 0.717) is 28.3 Å². The zero-order chi connectivity index (χ0) is 18.6. The summed E-state index contributed by atoms with van der Waals surface area (Å²) in [6, 6.07) is 0. The van der Waals surface area contributed by atoms with Crippen molar-refractivity contribution in [1.82, 2.24) is 0 Å². The van der Waals surface area contributed by atoms with E-state index < -0.39 is 8.32 Å².